The lowest BCUT2D eigenvalue weighted by Crippen LogP contribution is -2.48. The number of hydrogen-bond donors (Lipinski definition) is 0. The highest BCUT2D eigenvalue weighted by Gasteiger charge is 2.56. The van der Waals surface area contributed by atoms with Crippen molar-refractivity contribution in [3.05, 3.63) is 12.7 Å². The van der Waals surface area contributed by atoms with Crippen molar-refractivity contribution in [2.24, 2.45) is 5.92 Å². The van der Waals surface area contributed by atoms with Gasteiger partial charge in [-0.3, -0.25) is 4.90 Å². The first-order valence-corrected chi connectivity index (χ1v) is 5.50. The smallest absolute Gasteiger partial charge is 0.411 e. The van der Waals surface area contributed by atoms with Crippen molar-refractivity contribution in [1.29, 1.82) is 0 Å². The van der Waals surface area contributed by atoms with Crippen molar-refractivity contribution < 1.29 is 9.53 Å². The molecule has 0 unspecified atom stereocenters. The lowest BCUT2D eigenvalue weighted by atomic mass is 9.73. The predicted molar refractivity (Wildman–Crippen MR) is 58.6 cm³/mol. The van der Waals surface area contributed by atoms with Crippen molar-refractivity contribution in [2.75, 3.05) is 6.54 Å². The van der Waals surface area contributed by atoms with E-state index in [4.69, 9.17) is 4.74 Å². The zero-order valence-electron chi connectivity index (χ0n) is 9.75. The zero-order valence-corrected chi connectivity index (χ0v) is 9.75. The summed E-state index contributed by atoms with van der Waals surface area (Å²) in [7, 11) is 0. The molecule has 0 N–H and O–H groups in total. The highest BCUT2D eigenvalue weighted by atomic mass is 16.6. The van der Waals surface area contributed by atoms with Crippen LogP contribution in [-0.4, -0.2) is 28.7 Å². The molecule has 3 fully saturated rings. The summed E-state index contributed by atoms with van der Waals surface area (Å²) in [4.78, 5) is 13.8. The minimum atomic E-state index is -0.410. The number of amides is 1. The molecule has 2 aliphatic heterocycles. The highest BCUT2D eigenvalue weighted by molar-refractivity contribution is 5.71. The van der Waals surface area contributed by atoms with E-state index in [0.717, 1.165) is 19.4 Å². The second-order valence-electron chi connectivity index (χ2n) is 5.67. The quantitative estimate of drug-likeness (QED) is 0.621. The Morgan fingerprint density at radius 2 is 2.13 bits per heavy atom. The normalized spacial score (nSPS) is 33.5. The Hall–Kier alpha value is -0.990. The minimum absolute atomic E-state index is 0.0903. The summed E-state index contributed by atoms with van der Waals surface area (Å²) in [6.45, 7) is 10.4. The van der Waals surface area contributed by atoms with Gasteiger partial charge in [-0.05, 0) is 39.5 Å². The van der Waals surface area contributed by atoms with Gasteiger partial charge in [0, 0.05) is 6.54 Å². The third-order valence-corrected chi connectivity index (χ3v) is 3.26. The largest absolute Gasteiger partial charge is 0.444 e. The fraction of sp³-hybridized carbons (Fsp3) is 0.750. The molecule has 0 radical (unpaired) electrons. The zero-order chi connectivity index (χ0) is 11.3. The molecule has 2 saturated heterocycles. The predicted octanol–water partition coefficient (Wildman–Crippen LogP) is 2.57. The van der Waals surface area contributed by atoms with Crippen LogP contribution >= 0.6 is 0 Å². The topological polar surface area (TPSA) is 29.5 Å². The number of carbonyl (C=O) groups excluding carboxylic acids is 1. The van der Waals surface area contributed by atoms with Gasteiger partial charge in [0.15, 0.2) is 0 Å². The van der Waals surface area contributed by atoms with Gasteiger partial charge in [0.1, 0.15) is 5.60 Å². The lowest BCUT2D eigenvalue weighted by Gasteiger charge is -2.39. The van der Waals surface area contributed by atoms with Crippen molar-refractivity contribution in [3.8, 4) is 0 Å². The van der Waals surface area contributed by atoms with E-state index in [1.54, 1.807) is 0 Å². The first-order valence-electron chi connectivity index (χ1n) is 5.50. The van der Waals surface area contributed by atoms with E-state index in [0.29, 0.717) is 5.92 Å². The van der Waals surface area contributed by atoms with Crippen molar-refractivity contribution in [3.63, 3.8) is 0 Å². The molecule has 0 aromatic rings. The molecule has 3 rings (SSSR count). The average molecular weight is 209 g/mol. The molecule has 1 aliphatic carbocycles. The molecule has 3 heteroatoms. The van der Waals surface area contributed by atoms with Gasteiger partial charge in [-0.15, -0.1) is 6.58 Å². The maximum Gasteiger partial charge on any atom is 0.411 e. The average Bonchev–Trinajstić information content (AvgIpc) is 2.52. The SMILES string of the molecule is C=CC12CC(CN1C(=O)OC(C)(C)C)C2. The van der Waals surface area contributed by atoms with Gasteiger partial charge in [-0.1, -0.05) is 6.08 Å². The molecule has 1 amide bonds. The van der Waals surface area contributed by atoms with E-state index in [1.807, 2.05) is 31.7 Å². The fourth-order valence-electron chi connectivity index (χ4n) is 2.58. The van der Waals surface area contributed by atoms with Crippen LogP contribution in [-0.2, 0) is 4.74 Å². The van der Waals surface area contributed by atoms with Crippen LogP contribution in [0.3, 0.4) is 0 Å². The number of hydrogen-bond acceptors (Lipinski definition) is 2. The number of rotatable bonds is 1. The van der Waals surface area contributed by atoms with Gasteiger partial charge in [0.2, 0.25) is 0 Å². The second kappa shape index (κ2) is 3.00. The van der Waals surface area contributed by atoms with Crippen LogP contribution in [0.25, 0.3) is 0 Å². The molecule has 84 valence electrons. The Morgan fingerprint density at radius 3 is 2.60 bits per heavy atom. The van der Waals surface area contributed by atoms with Crippen LogP contribution in [0, 0.1) is 5.92 Å². The molecular weight excluding hydrogens is 190 g/mol. The number of carbonyl (C=O) groups is 1. The molecular formula is C12H19NO2. The summed E-state index contributed by atoms with van der Waals surface area (Å²) in [6.07, 6.45) is 3.84. The van der Waals surface area contributed by atoms with Gasteiger partial charge in [-0.2, -0.15) is 0 Å². The van der Waals surface area contributed by atoms with E-state index in [2.05, 4.69) is 6.58 Å². The fourth-order valence-corrected chi connectivity index (χ4v) is 2.58. The Morgan fingerprint density at radius 1 is 1.53 bits per heavy atom. The monoisotopic (exact) mass is 209 g/mol. The summed E-state index contributed by atoms with van der Waals surface area (Å²) in [5.41, 5.74) is -0.501. The first-order chi connectivity index (χ1) is 6.86. The number of fused-ring (bicyclic) bond motifs is 1. The molecule has 2 heterocycles. The number of ether oxygens (including phenoxy) is 1. The van der Waals surface area contributed by atoms with Crippen molar-refractivity contribution >= 4 is 6.09 Å². The molecule has 2 bridgehead atoms. The van der Waals surface area contributed by atoms with Crippen LogP contribution in [0.1, 0.15) is 33.6 Å². The molecule has 0 spiro atoms. The second-order valence-corrected chi connectivity index (χ2v) is 5.67. The molecule has 0 aromatic carbocycles. The van der Waals surface area contributed by atoms with E-state index in [1.165, 1.54) is 0 Å². The Labute approximate surface area is 91.1 Å². The van der Waals surface area contributed by atoms with Crippen LogP contribution in [0.15, 0.2) is 12.7 Å². The van der Waals surface area contributed by atoms with Gasteiger partial charge in [-0.25, -0.2) is 4.79 Å². The van der Waals surface area contributed by atoms with Crippen LogP contribution in [0.4, 0.5) is 4.79 Å². The third kappa shape index (κ3) is 1.64. The lowest BCUT2D eigenvalue weighted by molar-refractivity contribution is 0.0159. The van der Waals surface area contributed by atoms with Gasteiger partial charge in [0.05, 0.1) is 5.54 Å². The molecule has 3 nitrogen and oxygen atoms in total. The first kappa shape index (κ1) is 10.5. The van der Waals surface area contributed by atoms with Gasteiger partial charge < -0.3 is 4.74 Å². The molecule has 3 aliphatic rings. The van der Waals surface area contributed by atoms with E-state index < -0.39 is 5.60 Å². The van der Waals surface area contributed by atoms with Crippen LogP contribution in [0.2, 0.25) is 0 Å². The van der Waals surface area contributed by atoms with Crippen molar-refractivity contribution in [2.45, 2.75) is 44.8 Å². The van der Waals surface area contributed by atoms with E-state index >= 15 is 0 Å². The van der Waals surface area contributed by atoms with Crippen molar-refractivity contribution in [1.82, 2.24) is 4.90 Å². The summed E-state index contributed by atoms with van der Waals surface area (Å²) in [6, 6.07) is 0. The molecule has 0 atom stereocenters. The van der Waals surface area contributed by atoms with E-state index in [-0.39, 0.29) is 11.6 Å². The van der Waals surface area contributed by atoms with Gasteiger partial charge >= 0.3 is 6.09 Å². The summed E-state index contributed by atoms with van der Waals surface area (Å²) < 4.78 is 5.38. The van der Waals surface area contributed by atoms with Gasteiger partial charge in [0.25, 0.3) is 0 Å². The molecule has 1 saturated carbocycles. The highest BCUT2D eigenvalue weighted by Crippen LogP contribution is 2.51. The Kier molecular flexibility index (Phi) is 2.11. The third-order valence-electron chi connectivity index (χ3n) is 3.26. The summed E-state index contributed by atoms with van der Waals surface area (Å²) in [5, 5.41) is 0. The Bertz CT molecular complexity index is 297. The minimum Gasteiger partial charge on any atom is -0.444 e. The summed E-state index contributed by atoms with van der Waals surface area (Å²) >= 11 is 0. The number of nitrogens with zero attached hydrogens (tertiary/aromatic N) is 1. The molecule has 0 aromatic heterocycles. The van der Waals surface area contributed by atoms with E-state index in [9.17, 15) is 4.79 Å². The van der Waals surface area contributed by atoms with Crippen LogP contribution < -0.4 is 0 Å². The summed E-state index contributed by atoms with van der Waals surface area (Å²) in [5.74, 6) is 0.663. The Balaban J connectivity index is 2.06. The standard InChI is InChI=1S/C12H19NO2/c1-5-12-6-9(7-12)8-13(12)10(14)15-11(2,3)4/h5,9H,1,6-8H2,2-4H3. The van der Waals surface area contributed by atoms with Crippen LogP contribution in [0.5, 0.6) is 0 Å². The maximum absolute atomic E-state index is 11.9. The molecule has 15 heavy (non-hydrogen) atoms. The maximum atomic E-state index is 11.9.